The predicted molar refractivity (Wildman–Crippen MR) is 72.6 cm³/mol. The molecule has 0 fully saturated rings. The van der Waals surface area contributed by atoms with Crippen LogP contribution in [0.2, 0.25) is 0 Å². The maximum atomic E-state index is 12.3. The lowest BCUT2D eigenvalue weighted by molar-refractivity contribution is 0.101. The quantitative estimate of drug-likeness (QED) is 0.478. The third kappa shape index (κ3) is 4.83. The van der Waals surface area contributed by atoms with Crippen LogP contribution in [0, 0.1) is 0 Å². The van der Waals surface area contributed by atoms with Crippen molar-refractivity contribution in [3.05, 3.63) is 48.0 Å². The van der Waals surface area contributed by atoms with E-state index in [1.165, 1.54) is 6.33 Å². The van der Waals surface area contributed by atoms with Gasteiger partial charge in [-0.25, -0.2) is 18.4 Å². The fraction of sp³-hybridized carbons (Fsp3) is 0.308. The van der Waals surface area contributed by atoms with Crippen LogP contribution in [0.25, 0.3) is 0 Å². The Labute approximate surface area is 120 Å². The van der Waals surface area contributed by atoms with Gasteiger partial charge in [0, 0.05) is 6.42 Å². The molecule has 0 aliphatic rings. The molecule has 8 heteroatoms. The largest absolute Gasteiger partial charge is 0.386 e. The van der Waals surface area contributed by atoms with Crippen molar-refractivity contribution in [2.45, 2.75) is 26.0 Å². The number of amidine groups is 1. The molecule has 2 N–H and O–H groups in total. The van der Waals surface area contributed by atoms with Crippen LogP contribution >= 0.6 is 0 Å². The molecule has 0 unspecified atom stereocenters. The Kier molecular flexibility index (Phi) is 5.19. The summed E-state index contributed by atoms with van der Waals surface area (Å²) >= 11 is 0. The van der Waals surface area contributed by atoms with Gasteiger partial charge in [-0.15, -0.1) is 0 Å². The number of halogens is 2. The number of hydrogen-bond donors (Lipinski definition) is 1. The Morgan fingerprint density at radius 1 is 1.33 bits per heavy atom. The summed E-state index contributed by atoms with van der Waals surface area (Å²) in [6.45, 7) is -0.593. The molecule has 0 bridgehead atoms. The predicted octanol–water partition coefficient (Wildman–Crippen LogP) is 1.57. The normalized spacial score (nSPS) is 11.9. The van der Waals surface area contributed by atoms with E-state index in [9.17, 15) is 8.78 Å². The first-order chi connectivity index (χ1) is 10.1. The third-order valence-corrected chi connectivity index (χ3v) is 2.61. The minimum Gasteiger partial charge on any atom is -0.386 e. The van der Waals surface area contributed by atoms with Gasteiger partial charge >= 0.3 is 0 Å². The van der Waals surface area contributed by atoms with Gasteiger partial charge < -0.3 is 10.6 Å². The zero-order chi connectivity index (χ0) is 15.1. The van der Waals surface area contributed by atoms with Crippen LogP contribution in [0.15, 0.2) is 41.8 Å². The van der Waals surface area contributed by atoms with E-state index in [0.29, 0.717) is 12.3 Å². The fourth-order valence-corrected chi connectivity index (χ4v) is 1.69. The maximum Gasteiger partial charge on any atom is 0.257 e. The van der Waals surface area contributed by atoms with Crippen LogP contribution < -0.4 is 5.73 Å². The maximum absolute atomic E-state index is 12.3. The number of nitrogens with zero attached hydrogens (tertiary/aromatic N) is 4. The zero-order valence-electron chi connectivity index (χ0n) is 11.2. The SMILES string of the molecule is N/C(Cc1ccccc1)=N\OCc1ncnn1CC(F)F. The number of oxime groups is 1. The van der Waals surface area contributed by atoms with Gasteiger partial charge in [0.2, 0.25) is 0 Å². The molecule has 21 heavy (non-hydrogen) atoms. The lowest BCUT2D eigenvalue weighted by atomic mass is 10.1. The Bertz CT molecular complexity index is 585. The Morgan fingerprint density at radius 2 is 2.10 bits per heavy atom. The van der Waals surface area contributed by atoms with E-state index in [1.54, 1.807) is 0 Å². The molecule has 2 aromatic rings. The van der Waals surface area contributed by atoms with E-state index >= 15 is 0 Å². The molecule has 0 amide bonds. The molecule has 1 aromatic heterocycles. The zero-order valence-corrected chi connectivity index (χ0v) is 11.2. The van der Waals surface area contributed by atoms with Gasteiger partial charge in [0.25, 0.3) is 6.43 Å². The van der Waals surface area contributed by atoms with E-state index < -0.39 is 13.0 Å². The summed E-state index contributed by atoms with van der Waals surface area (Å²) in [6, 6.07) is 9.54. The summed E-state index contributed by atoms with van der Waals surface area (Å²) in [4.78, 5) is 8.86. The van der Waals surface area contributed by atoms with E-state index in [-0.39, 0.29) is 12.4 Å². The van der Waals surface area contributed by atoms with Crippen molar-refractivity contribution in [1.82, 2.24) is 14.8 Å². The van der Waals surface area contributed by atoms with Gasteiger partial charge in [0.15, 0.2) is 12.4 Å². The number of alkyl halides is 2. The highest BCUT2D eigenvalue weighted by Crippen LogP contribution is 2.03. The number of hydrogen-bond acceptors (Lipinski definition) is 4. The minimum absolute atomic E-state index is 0.0673. The molecule has 1 heterocycles. The van der Waals surface area contributed by atoms with Crippen LogP contribution in [-0.4, -0.2) is 27.0 Å². The molecule has 6 nitrogen and oxygen atoms in total. The van der Waals surface area contributed by atoms with Crippen LogP contribution in [0.3, 0.4) is 0 Å². The molecular formula is C13H15F2N5O. The van der Waals surface area contributed by atoms with Gasteiger partial charge in [-0.05, 0) is 5.56 Å². The summed E-state index contributed by atoms with van der Waals surface area (Å²) in [7, 11) is 0. The number of nitrogens with two attached hydrogens (primary N) is 1. The van der Waals surface area contributed by atoms with Gasteiger partial charge in [0.1, 0.15) is 18.7 Å². The van der Waals surface area contributed by atoms with Crippen molar-refractivity contribution in [2.75, 3.05) is 0 Å². The summed E-state index contributed by atoms with van der Waals surface area (Å²) in [6.07, 6.45) is -0.861. The highest BCUT2D eigenvalue weighted by Gasteiger charge is 2.10. The molecule has 0 aliphatic carbocycles. The van der Waals surface area contributed by atoms with Crippen molar-refractivity contribution < 1.29 is 13.6 Å². The van der Waals surface area contributed by atoms with Gasteiger partial charge in [-0.3, -0.25) is 0 Å². The highest BCUT2D eigenvalue weighted by atomic mass is 19.3. The smallest absolute Gasteiger partial charge is 0.257 e. The first kappa shape index (κ1) is 14.9. The summed E-state index contributed by atoms with van der Waals surface area (Å²) in [5.41, 5.74) is 6.73. The molecule has 0 spiro atoms. The molecule has 112 valence electrons. The first-order valence-electron chi connectivity index (χ1n) is 6.28. The summed E-state index contributed by atoms with van der Waals surface area (Å²) in [5, 5.41) is 7.43. The number of rotatable bonds is 7. The molecule has 2 rings (SSSR count). The topological polar surface area (TPSA) is 78.3 Å². The number of benzene rings is 1. The highest BCUT2D eigenvalue weighted by molar-refractivity contribution is 5.82. The molecular weight excluding hydrogens is 280 g/mol. The van der Waals surface area contributed by atoms with Gasteiger partial charge in [0.05, 0.1) is 0 Å². The Morgan fingerprint density at radius 3 is 2.81 bits per heavy atom. The lowest BCUT2D eigenvalue weighted by Crippen LogP contribution is -2.16. The fourth-order valence-electron chi connectivity index (χ4n) is 1.69. The second-order valence-corrected chi connectivity index (χ2v) is 4.27. The second-order valence-electron chi connectivity index (χ2n) is 4.27. The average molecular weight is 295 g/mol. The van der Waals surface area contributed by atoms with E-state index in [2.05, 4.69) is 15.2 Å². The Hall–Kier alpha value is -2.51. The Balaban J connectivity index is 1.86. The minimum atomic E-state index is -2.50. The number of aromatic nitrogens is 3. The van der Waals surface area contributed by atoms with Crippen molar-refractivity contribution in [3.63, 3.8) is 0 Å². The summed E-state index contributed by atoms with van der Waals surface area (Å²) < 4.78 is 25.7. The van der Waals surface area contributed by atoms with E-state index in [1.807, 2.05) is 30.3 Å². The van der Waals surface area contributed by atoms with Gasteiger partial charge in [-0.2, -0.15) is 5.10 Å². The third-order valence-electron chi connectivity index (χ3n) is 2.61. The molecule has 0 saturated heterocycles. The van der Waals surface area contributed by atoms with Crippen molar-refractivity contribution in [2.24, 2.45) is 10.9 Å². The van der Waals surface area contributed by atoms with Crippen molar-refractivity contribution in [3.8, 4) is 0 Å². The molecule has 0 saturated carbocycles. The molecule has 0 aliphatic heterocycles. The first-order valence-corrected chi connectivity index (χ1v) is 6.28. The summed E-state index contributed by atoms with van der Waals surface area (Å²) in [5.74, 6) is 0.563. The van der Waals surface area contributed by atoms with Crippen LogP contribution in [0.1, 0.15) is 11.4 Å². The monoisotopic (exact) mass is 295 g/mol. The van der Waals surface area contributed by atoms with Crippen molar-refractivity contribution >= 4 is 5.84 Å². The van der Waals surface area contributed by atoms with E-state index in [0.717, 1.165) is 10.2 Å². The van der Waals surface area contributed by atoms with Crippen LogP contribution in [-0.2, 0) is 24.4 Å². The van der Waals surface area contributed by atoms with Crippen LogP contribution in [0.5, 0.6) is 0 Å². The molecule has 0 radical (unpaired) electrons. The lowest BCUT2D eigenvalue weighted by Gasteiger charge is -2.05. The van der Waals surface area contributed by atoms with Crippen LogP contribution in [0.4, 0.5) is 8.78 Å². The molecule has 1 aromatic carbocycles. The second kappa shape index (κ2) is 7.32. The standard InChI is InChI=1S/C13H15F2N5O/c14-11(15)7-20-13(17-9-18-20)8-21-19-12(16)6-10-4-2-1-3-5-10/h1-5,9,11H,6-8H2,(H2,16,19). The van der Waals surface area contributed by atoms with Crippen molar-refractivity contribution in [1.29, 1.82) is 0 Å². The molecule has 0 atom stereocenters. The van der Waals surface area contributed by atoms with E-state index in [4.69, 9.17) is 10.6 Å². The average Bonchev–Trinajstić information content (AvgIpc) is 2.86. The van der Waals surface area contributed by atoms with Gasteiger partial charge in [-0.1, -0.05) is 35.5 Å².